The van der Waals surface area contributed by atoms with Crippen LogP contribution < -0.4 is 5.32 Å². The van der Waals surface area contributed by atoms with Crippen molar-refractivity contribution in [2.45, 2.75) is 38.2 Å². The topological polar surface area (TPSA) is 85.1 Å². The van der Waals surface area contributed by atoms with Gasteiger partial charge in [0.15, 0.2) is 0 Å². The van der Waals surface area contributed by atoms with E-state index in [1.807, 2.05) is 37.3 Å². The average molecular weight is 420 g/mol. The molecule has 2 heterocycles. The second-order valence-electron chi connectivity index (χ2n) is 8.03. The predicted molar refractivity (Wildman–Crippen MR) is 121 cm³/mol. The minimum absolute atomic E-state index is 0.364. The van der Waals surface area contributed by atoms with E-state index in [0.29, 0.717) is 18.0 Å². The first kappa shape index (κ1) is 21.1. The summed E-state index contributed by atoms with van der Waals surface area (Å²) in [7, 11) is 1.75. The summed E-state index contributed by atoms with van der Waals surface area (Å²) in [6, 6.07) is 8.10. The molecule has 1 aliphatic carbocycles. The second kappa shape index (κ2) is 9.31. The van der Waals surface area contributed by atoms with Gasteiger partial charge in [-0.3, -0.25) is 0 Å². The molecular formula is C24H29N5O2. The summed E-state index contributed by atoms with van der Waals surface area (Å²) >= 11 is 0. The third-order valence-electron chi connectivity index (χ3n) is 5.74. The number of tetrazole rings is 1. The molecular weight excluding hydrogens is 390 g/mol. The van der Waals surface area contributed by atoms with Crippen LogP contribution in [0.1, 0.15) is 38.2 Å². The van der Waals surface area contributed by atoms with Crippen molar-refractivity contribution in [3.63, 3.8) is 0 Å². The molecule has 0 bridgehead atoms. The first-order valence-electron chi connectivity index (χ1n) is 10.7. The number of rotatable bonds is 5. The fourth-order valence-corrected chi connectivity index (χ4v) is 3.80. The van der Waals surface area contributed by atoms with Gasteiger partial charge in [-0.25, -0.2) is 0 Å². The summed E-state index contributed by atoms with van der Waals surface area (Å²) in [6.07, 6.45) is 13.5. The highest BCUT2D eigenvalue weighted by molar-refractivity contribution is 5.59. The monoisotopic (exact) mass is 419 g/mol. The lowest BCUT2D eigenvalue weighted by Crippen LogP contribution is -2.42. The molecule has 1 fully saturated rings. The molecule has 0 saturated carbocycles. The van der Waals surface area contributed by atoms with Gasteiger partial charge in [-0.2, -0.15) is 4.80 Å². The zero-order chi connectivity index (χ0) is 21.7. The Balaban J connectivity index is 1.56. The van der Waals surface area contributed by atoms with Crippen molar-refractivity contribution in [1.82, 2.24) is 25.5 Å². The van der Waals surface area contributed by atoms with Crippen LogP contribution in [-0.4, -0.2) is 44.0 Å². The zero-order valence-electron chi connectivity index (χ0n) is 18.1. The van der Waals surface area contributed by atoms with E-state index in [1.165, 1.54) is 4.80 Å². The van der Waals surface area contributed by atoms with Crippen molar-refractivity contribution >= 4 is 6.08 Å². The zero-order valence-corrected chi connectivity index (χ0v) is 18.1. The van der Waals surface area contributed by atoms with Gasteiger partial charge in [0.25, 0.3) is 0 Å². The number of hydrogen-bond donors (Lipinski definition) is 2. The summed E-state index contributed by atoms with van der Waals surface area (Å²) in [5.74, 6) is 1.75. The highest BCUT2D eigenvalue weighted by Gasteiger charge is 2.33. The molecule has 1 aromatic heterocycles. The summed E-state index contributed by atoms with van der Waals surface area (Å²) in [4.78, 5) is 1.45. The van der Waals surface area contributed by atoms with Crippen molar-refractivity contribution in [2.24, 2.45) is 7.05 Å². The largest absolute Gasteiger partial charge is 0.512 e. The van der Waals surface area contributed by atoms with Crippen molar-refractivity contribution in [1.29, 1.82) is 0 Å². The smallest absolute Gasteiger partial charge is 0.204 e. The molecule has 2 aromatic rings. The lowest BCUT2D eigenvalue weighted by Gasteiger charge is -2.37. The van der Waals surface area contributed by atoms with Crippen LogP contribution in [0.4, 0.5) is 0 Å². The molecule has 1 aromatic carbocycles. The first-order valence-corrected chi connectivity index (χ1v) is 10.7. The summed E-state index contributed by atoms with van der Waals surface area (Å²) in [6.45, 7) is 3.71. The molecule has 7 nitrogen and oxygen atoms in total. The van der Waals surface area contributed by atoms with E-state index >= 15 is 0 Å². The van der Waals surface area contributed by atoms with Crippen LogP contribution in [0, 0.1) is 0 Å². The van der Waals surface area contributed by atoms with E-state index in [0.717, 1.165) is 54.8 Å². The van der Waals surface area contributed by atoms with Gasteiger partial charge >= 0.3 is 0 Å². The Bertz CT molecular complexity index is 1020. The minimum Gasteiger partial charge on any atom is -0.512 e. The number of allylic oxidation sites excluding steroid dienone is 4. The molecule has 0 atom stereocenters. The van der Waals surface area contributed by atoms with Crippen LogP contribution in [0.5, 0.6) is 0 Å². The van der Waals surface area contributed by atoms with E-state index in [9.17, 15) is 5.11 Å². The van der Waals surface area contributed by atoms with Gasteiger partial charge in [-0.1, -0.05) is 42.5 Å². The van der Waals surface area contributed by atoms with Gasteiger partial charge in [0.2, 0.25) is 5.82 Å². The molecule has 0 amide bonds. The number of aryl methyl sites for hydroxylation is 1. The third-order valence-corrected chi connectivity index (χ3v) is 5.74. The molecule has 4 rings (SSSR count). The standard InChI is InChI=1S/C24H29N5O2/c1-18-21(30)6-4-3-5-7-22(18)31-24(14-16-25-17-15-24)13-12-19-8-10-20(11-9-19)23-26-28-29(2)27-23/h3-4,7-13,25,30H,5-6,14-17H2,1-2H3/b4-3-,13-12+,21-18+,22-7?. The fourth-order valence-electron chi connectivity index (χ4n) is 3.80. The van der Waals surface area contributed by atoms with E-state index in [-0.39, 0.29) is 0 Å². The van der Waals surface area contributed by atoms with Crippen molar-refractivity contribution in [3.05, 3.63) is 71.2 Å². The van der Waals surface area contributed by atoms with Gasteiger partial charge in [0, 0.05) is 30.4 Å². The maximum atomic E-state index is 10.4. The van der Waals surface area contributed by atoms with E-state index in [4.69, 9.17) is 4.74 Å². The number of ether oxygens (including phenoxy) is 1. The first-order chi connectivity index (χ1) is 15.0. The minimum atomic E-state index is -0.410. The van der Waals surface area contributed by atoms with Crippen LogP contribution in [0.15, 0.2) is 65.7 Å². The summed E-state index contributed by atoms with van der Waals surface area (Å²) < 4.78 is 6.61. The molecule has 162 valence electrons. The van der Waals surface area contributed by atoms with Crippen LogP contribution >= 0.6 is 0 Å². The Hall–Kier alpha value is -3.19. The summed E-state index contributed by atoms with van der Waals surface area (Å²) in [5, 5.41) is 26.0. The normalized spacial score (nSPS) is 22.6. The van der Waals surface area contributed by atoms with Crippen molar-refractivity contribution in [2.75, 3.05) is 13.1 Å². The molecule has 1 aliphatic heterocycles. The number of nitrogens with zero attached hydrogens (tertiary/aromatic N) is 4. The number of benzene rings is 1. The molecule has 31 heavy (non-hydrogen) atoms. The molecule has 7 heteroatoms. The fraction of sp³-hybridized carbons (Fsp3) is 0.375. The molecule has 2 N–H and O–H groups in total. The van der Waals surface area contributed by atoms with E-state index < -0.39 is 5.60 Å². The molecule has 0 unspecified atom stereocenters. The van der Waals surface area contributed by atoms with Crippen LogP contribution in [0.3, 0.4) is 0 Å². The highest BCUT2D eigenvalue weighted by Crippen LogP contribution is 2.33. The SMILES string of the molecule is C/C1=C(\O)C/C=C\CC=C1OC1(/C=C/c2ccc(-c3nnn(C)n3)cc2)CCNCC1. The Morgan fingerprint density at radius 1 is 1.16 bits per heavy atom. The highest BCUT2D eigenvalue weighted by atomic mass is 16.5. The lowest BCUT2D eigenvalue weighted by molar-refractivity contribution is 0.0223. The molecule has 0 radical (unpaired) electrons. The Labute approximate surface area is 182 Å². The van der Waals surface area contributed by atoms with E-state index in [2.05, 4.69) is 45.0 Å². The lowest BCUT2D eigenvalue weighted by atomic mass is 9.90. The maximum absolute atomic E-state index is 10.4. The Morgan fingerprint density at radius 2 is 1.94 bits per heavy atom. The van der Waals surface area contributed by atoms with Gasteiger partial charge in [0.1, 0.15) is 17.1 Å². The van der Waals surface area contributed by atoms with E-state index in [1.54, 1.807) is 7.05 Å². The van der Waals surface area contributed by atoms with Crippen molar-refractivity contribution in [3.8, 4) is 11.4 Å². The number of aliphatic hydroxyl groups is 1. The average Bonchev–Trinajstić information content (AvgIpc) is 3.22. The van der Waals surface area contributed by atoms with Crippen LogP contribution in [-0.2, 0) is 11.8 Å². The van der Waals surface area contributed by atoms with Gasteiger partial charge < -0.3 is 15.2 Å². The van der Waals surface area contributed by atoms with Gasteiger partial charge in [0.05, 0.1) is 7.05 Å². The number of piperidine rings is 1. The maximum Gasteiger partial charge on any atom is 0.204 e. The number of aliphatic hydroxyl groups excluding tert-OH is 1. The number of hydrogen-bond acceptors (Lipinski definition) is 6. The van der Waals surface area contributed by atoms with Gasteiger partial charge in [-0.15, -0.1) is 10.2 Å². The Morgan fingerprint density at radius 3 is 2.65 bits per heavy atom. The Kier molecular flexibility index (Phi) is 6.32. The van der Waals surface area contributed by atoms with Gasteiger partial charge in [-0.05, 0) is 49.4 Å². The third kappa shape index (κ3) is 5.11. The number of aromatic nitrogens is 4. The summed E-state index contributed by atoms with van der Waals surface area (Å²) in [5.41, 5.74) is 2.42. The molecule has 1 saturated heterocycles. The quantitative estimate of drug-likeness (QED) is 0.710. The van der Waals surface area contributed by atoms with Crippen molar-refractivity contribution < 1.29 is 9.84 Å². The second-order valence-corrected chi connectivity index (χ2v) is 8.03. The molecule has 2 aliphatic rings. The molecule has 0 spiro atoms. The number of nitrogens with one attached hydrogen (secondary N) is 1. The van der Waals surface area contributed by atoms with Crippen LogP contribution in [0.25, 0.3) is 17.5 Å². The predicted octanol–water partition coefficient (Wildman–Crippen LogP) is 4.10. The van der Waals surface area contributed by atoms with Crippen LogP contribution in [0.2, 0.25) is 0 Å².